The summed E-state index contributed by atoms with van der Waals surface area (Å²) in [6, 6.07) is 8.14. The van der Waals surface area contributed by atoms with E-state index < -0.39 is 0 Å². The molecule has 1 saturated carbocycles. The normalized spacial score (nSPS) is 17.5. The van der Waals surface area contributed by atoms with E-state index in [1.165, 1.54) is 5.56 Å². The largest absolute Gasteiger partial charge is 0.324 e. The van der Waals surface area contributed by atoms with E-state index in [-0.39, 0.29) is 25.7 Å². The molecule has 0 aliphatic heterocycles. The molecule has 4 heteroatoms. The molecule has 0 atom stereocenters. The summed E-state index contributed by atoms with van der Waals surface area (Å²) >= 11 is 0. The molecule has 0 unspecified atom stereocenters. The second-order valence-electron chi connectivity index (χ2n) is 7.22. The maximum Gasteiger partial charge on any atom is 0.149 e. The van der Waals surface area contributed by atoms with Gasteiger partial charge in [-0.05, 0) is 80.3 Å². The smallest absolute Gasteiger partial charge is 0.149 e. The fourth-order valence-corrected chi connectivity index (χ4v) is 3.65. The van der Waals surface area contributed by atoms with Crippen molar-refractivity contribution in [1.82, 2.24) is 9.97 Å². The molecule has 0 bridgehead atoms. The minimum atomic E-state index is 0. The number of rotatable bonds is 6. The van der Waals surface area contributed by atoms with Crippen LogP contribution in [0, 0.1) is 18.8 Å². The minimum absolute atomic E-state index is 0. The second-order valence-corrected chi connectivity index (χ2v) is 7.22. The van der Waals surface area contributed by atoms with Gasteiger partial charge in [-0.2, -0.15) is 0 Å². The van der Waals surface area contributed by atoms with Gasteiger partial charge in [0.25, 0.3) is 0 Å². The third-order valence-corrected chi connectivity index (χ3v) is 5.24. The molecule has 0 spiro atoms. The zero-order valence-corrected chi connectivity index (χ0v) is 19.4. The van der Waals surface area contributed by atoms with Crippen LogP contribution in [0.3, 0.4) is 0 Å². The van der Waals surface area contributed by atoms with Gasteiger partial charge in [-0.3, -0.25) is 14.8 Å². The molecule has 1 aliphatic carbocycles. The van der Waals surface area contributed by atoms with E-state index >= 15 is 0 Å². The summed E-state index contributed by atoms with van der Waals surface area (Å²) in [7, 11) is 0. The molecule has 1 aliphatic rings. The summed E-state index contributed by atoms with van der Waals surface area (Å²) in [6.45, 7) is 10.3. The summed E-state index contributed by atoms with van der Waals surface area (Å²) < 4.78 is 0. The summed E-state index contributed by atoms with van der Waals surface area (Å²) in [5.41, 5.74) is 9.61. The van der Waals surface area contributed by atoms with Gasteiger partial charge in [0, 0.05) is 18.3 Å². The maximum absolute atomic E-state index is 11.7. The molecule has 1 fully saturated rings. The van der Waals surface area contributed by atoms with E-state index in [0.29, 0.717) is 5.92 Å². The van der Waals surface area contributed by atoms with Crippen molar-refractivity contribution in [1.29, 1.82) is 0 Å². The zero-order valence-electron chi connectivity index (χ0n) is 19.4. The van der Waals surface area contributed by atoms with Gasteiger partial charge < -0.3 is 5.73 Å². The Hall–Kier alpha value is -2.33. The Kier molecular flexibility index (Phi) is 15.1. The summed E-state index contributed by atoms with van der Waals surface area (Å²) in [4.78, 5) is 20.5. The number of aryl methyl sites for hydroxylation is 1. The van der Waals surface area contributed by atoms with Gasteiger partial charge in [0.05, 0.1) is 17.9 Å². The topological polar surface area (TPSA) is 68.9 Å². The van der Waals surface area contributed by atoms with Crippen molar-refractivity contribution in [2.45, 2.75) is 74.1 Å². The van der Waals surface area contributed by atoms with Gasteiger partial charge >= 0.3 is 0 Å². The summed E-state index contributed by atoms with van der Waals surface area (Å²) in [5.74, 6) is 1.10. The molecule has 2 N–H and O–H groups in total. The third-order valence-electron chi connectivity index (χ3n) is 5.24. The number of carbonyl (C=O) groups is 1. The maximum atomic E-state index is 11.7. The molecule has 0 amide bonds. The predicted octanol–water partition coefficient (Wildman–Crippen LogP) is 6.88. The molecular weight excluding hydrogens is 382 g/mol. The van der Waals surface area contributed by atoms with Crippen molar-refractivity contribution in [3.63, 3.8) is 0 Å². The average Bonchev–Trinajstić information content (AvgIpc) is 2.82. The lowest BCUT2D eigenvalue weighted by molar-refractivity contribution is -0.122. The monoisotopic (exact) mass is 425 g/mol. The summed E-state index contributed by atoms with van der Waals surface area (Å²) in [5, 5.41) is 0. The van der Waals surface area contributed by atoms with Crippen molar-refractivity contribution in [3.8, 4) is 11.4 Å². The van der Waals surface area contributed by atoms with E-state index in [1.54, 1.807) is 0 Å². The Labute approximate surface area is 190 Å². The van der Waals surface area contributed by atoms with Crippen LogP contribution in [0.5, 0.6) is 0 Å². The highest BCUT2D eigenvalue weighted by Gasteiger charge is 2.24. The fraction of sp³-hybridized carbons (Fsp3) is 0.519. The number of pyridine rings is 2. The van der Waals surface area contributed by atoms with E-state index in [9.17, 15) is 4.79 Å². The van der Waals surface area contributed by atoms with E-state index in [4.69, 9.17) is 5.73 Å². The Morgan fingerprint density at radius 1 is 1.00 bits per heavy atom. The standard InChI is InChI=1S/C22H27N3O.2C2H6.CH4/c1-16-9-11-24-20(13-16)21-14-18(10-12-25-21)4-2-3-17-5-7-19(8-6-17)22(26)15-23;2*1-2;/h2,4,9-14,17,19H,3,5-8,15,23H2,1H3;2*1-2H3;1H4/b4-2+;;;. The zero-order chi connectivity index (χ0) is 22.4. The van der Waals surface area contributed by atoms with Crippen LogP contribution < -0.4 is 5.73 Å². The first-order valence-electron chi connectivity index (χ1n) is 11.4. The van der Waals surface area contributed by atoms with Crippen molar-refractivity contribution in [2.24, 2.45) is 17.6 Å². The van der Waals surface area contributed by atoms with Gasteiger partial charge in [0.2, 0.25) is 0 Å². The SMILES string of the molecule is C.CC.CC.Cc1ccnc(-c2cc(/C=C/CC3CCC(C(=O)CN)CC3)ccn2)c1. The lowest BCUT2D eigenvalue weighted by atomic mass is 9.78. The molecule has 2 heterocycles. The first-order valence-corrected chi connectivity index (χ1v) is 11.4. The van der Waals surface area contributed by atoms with Crippen molar-refractivity contribution in [3.05, 3.63) is 53.9 Å². The van der Waals surface area contributed by atoms with Crippen LogP contribution in [0.25, 0.3) is 17.5 Å². The molecule has 31 heavy (non-hydrogen) atoms. The highest BCUT2D eigenvalue weighted by molar-refractivity contribution is 5.82. The Balaban J connectivity index is 0.00000170. The van der Waals surface area contributed by atoms with Gasteiger partial charge in [-0.25, -0.2) is 0 Å². The minimum Gasteiger partial charge on any atom is -0.324 e. The second kappa shape index (κ2) is 16.4. The molecule has 2 aromatic heterocycles. The van der Waals surface area contributed by atoms with Gasteiger partial charge in [0.1, 0.15) is 5.78 Å². The van der Waals surface area contributed by atoms with E-state index in [2.05, 4.69) is 41.2 Å². The van der Waals surface area contributed by atoms with Gasteiger partial charge in [-0.1, -0.05) is 47.3 Å². The Morgan fingerprint density at radius 2 is 1.58 bits per heavy atom. The van der Waals surface area contributed by atoms with Gasteiger partial charge in [-0.15, -0.1) is 0 Å². The van der Waals surface area contributed by atoms with Crippen LogP contribution in [-0.2, 0) is 4.79 Å². The highest BCUT2D eigenvalue weighted by atomic mass is 16.1. The van der Waals surface area contributed by atoms with Gasteiger partial charge in [0.15, 0.2) is 0 Å². The first kappa shape index (κ1) is 28.7. The number of aromatic nitrogens is 2. The Bertz CT molecular complexity index is 778. The number of carbonyl (C=O) groups excluding carboxylic acids is 1. The predicted molar refractivity (Wildman–Crippen MR) is 135 cm³/mol. The van der Waals surface area contributed by atoms with Crippen LogP contribution in [0.4, 0.5) is 0 Å². The van der Waals surface area contributed by atoms with Crippen LogP contribution in [-0.4, -0.2) is 22.3 Å². The summed E-state index contributed by atoms with van der Waals surface area (Å²) in [6.07, 6.45) is 13.4. The third kappa shape index (κ3) is 9.56. The highest BCUT2D eigenvalue weighted by Crippen LogP contribution is 2.31. The molecule has 172 valence electrons. The lowest BCUT2D eigenvalue weighted by Gasteiger charge is -2.26. The molecule has 2 aromatic rings. The Morgan fingerprint density at radius 3 is 2.16 bits per heavy atom. The fourth-order valence-electron chi connectivity index (χ4n) is 3.65. The van der Waals surface area contributed by atoms with E-state index in [0.717, 1.165) is 49.1 Å². The van der Waals surface area contributed by atoms with Crippen molar-refractivity contribution >= 4 is 11.9 Å². The van der Waals surface area contributed by atoms with Crippen molar-refractivity contribution in [2.75, 3.05) is 6.54 Å². The van der Waals surface area contributed by atoms with E-state index in [1.807, 2.05) is 52.2 Å². The number of hydrogen-bond acceptors (Lipinski definition) is 4. The molecule has 4 nitrogen and oxygen atoms in total. The van der Waals surface area contributed by atoms with Crippen LogP contribution in [0.2, 0.25) is 0 Å². The molecule has 3 rings (SSSR count). The number of ketones is 1. The molecular formula is C27H43N3O. The number of Topliss-reactive ketones (excluding diaryl/α,β-unsaturated/α-hetero) is 1. The van der Waals surface area contributed by atoms with Crippen LogP contribution >= 0.6 is 0 Å². The molecule has 0 aromatic carbocycles. The number of nitrogens with zero attached hydrogens (tertiary/aromatic N) is 2. The lowest BCUT2D eigenvalue weighted by Crippen LogP contribution is -2.27. The van der Waals surface area contributed by atoms with Crippen molar-refractivity contribution < 1.29 is 4.79 Å². The molecule has 0 saturated heterocycles. The van der Waals surface area contributed by atoms with Crippen LogP contribution in [0.1, 0.15) is 78.4 Å². The quantitative estimate of drug-likeness (QED) is 0.548. The molecule has 0 radical (unpaired) electrons. The van der Waals surface area contributed by atoms with Crippen LogP contribution in [0.15, 0.2) is 42.7 Å². The number of nitrogens with two attached hydrogens (primary N) is 1. The first-order chi connectivity index (χ1) is 14.7. The number of hydrogen-bond donors (Lipinski definition) is 1. The number of allylic oxidation sites excluding steroid dienone is 1. The average molecular weight is 426 g/mol.